The molecule has 9 nitrogen and oxygen atoms in total. The van der Waals surface area contributed by atoms with Crippen molar-refractivity contribution in [2.24, 2.45) is 0 Å². The van der Waals surface area contributed by atoms with Crippen molar-refractivity contribution in [2.45, 2.75) is 37.0 Å². The zero-order valence-electron chi connectivity index (χ0n) is 16.0. The first-order valence-corrected chi connectivity index (χ1v) is 9.63. The van der Waals surface area contributed by atoms with E-state index in [2.05, 4.69) is 10.6 Å². The molecule has 2 unspecified atom stereocenters. The maximum atomic E-state index is 13.4. The largest absolute Gasteiger partial charge is 0.376 e. The lowest BCUT2D eigenvalue weighted by molar-refractivity contribution is -0.404. The number of benzene rings is 1. The average Bonchev–Trinajstić information content (AvgIpc) is 2.73. The van der Waals surface area contributed by atoms with Crippen molar-refractivity contribution in [3.63, 3.8) is 0 Å². The number of rotatable bonds is 8. The van der Waals surface area contributed by atoms with Crippen LogP contribution in [0, 0.1) is 10.1 Å². The van der Waals surface area contributed by atoms with Crippen LogP contribution >= 0.6 is 0 Å². The fraction of sp³-hybridized carbons (Fsp3) is 0.500. The molecule has 2 heterocycles. The van der Waals surface area contributed by atoms with Gasteiger partial charge in [-0.15, -0.1) is 0 Å². The summed E-state index contributed by atoms with van der Waals surface area (Å²) in [5, 5.41) is 17.0. The van der Waals surface area contributed by atoms with Crippen molar-refractivity contribution in [3.8, 4) is 0 Å². The second kappa shape index (κ2) is 9.73. The van der Waals surface area contributed by atoms with Crippen LogP contribution in [0.4, 0.5) is 0 Å². The maximum Gasteiger partial charge on any atom is 0.244 e. The Labute approximate surface area is 168 Å². The standard InChI is InChI=1S/C20H25N3O6/c24-14-22-20(6-8-21-9-7-20)19(25)17(11-23(26)27)18-13-28-12-16(29-18)10-15-4-2-1-3-5-15/h1-5,11,14,16,18,21H,6-10,12-13H2,(H,22,24)/b17-11+. The first kappa shape index (κ1) is 21.1. The Morgan fingerprint density at radius 2 is 2.00 bits per heavy atom. The third kappa shape index (κ3) is 5.26. The van der Waals surface area contributed by atoms with Crippen molar-refractivity contribution in [2.75, 3.05) is 26.3 Å². The average molecular weight is 403 g/mol. The van der Waals surface area contributed by atoms with Gasteiger partial charge in [0.1, 0.15) is 11.6 Å². The molecule has 1 aromatic carbocycles. The van der Waals surface area contributed by atoms with Gasteiger partial charge in [0.15, 0.2) is 5.78 Å². The van der Waals surface area contributed by atoms with E-state index < -0.39 is 22.3 Å². The van der Waals surface area contributed by atoms with E-state index in [0.717, 1.165) is 5.56 Å². The summed E-state index contributed by atoms with van der Waals surface area (Å²) in [4.78, 5) is 35.1. The molecule has 2 aliphatic rings. The van der Waals surface area contributed by atoms with Gasteiger partial charge < -0.3 is 20.1 Å². The Balaban J connectivity index is 1.81. The molecule has 2 atom stereocenters. The number of nitrogens with zero attached hydrogens (tertiary/aromatic N) is 1. The zero-order valence-corrected chi connectivity index (χ0v) is 16.0. The van der Waals surface area contributed by atoms with Crippen molar-refractivity contribution in [1.29, 1.82) is 0 Å². The Morgan fingerprint density at radius 3 is 2.66 bits per heavy atom. The minimum absolute atomic E-state index is 0.0477. The van der Waals surface area contributed by atoms with Gasteiger partial charge >= 0.3 is 0 Å². The number of carbonyl (C=O) groups is 2. The smallest absolute Gasteiger partial charge is 0.244 e. The Kier molecular flexibility index (Phi) is 7.08. The molecule has 156 valence electrons. The molecule has 0 aliphatic carbocycles. The topological polar surface area (TPSA) is 120 Å². The minimum atomic E-state index is -1.18. The van der Waals surface area contributed by atoms with E-state index in [1.807, 2.05) is 30.3 Å². The van der Waals surface area contributed by atoms with Crippen LogP contribution in [0.2, 0.25) is 0 Å². The molecule has 3 rings (SSSR count). The number of piperidine rings is 1. The van der Waals surface area contributed by atoms with Crippen LogP contribution in [0.1, 0.15) is 18.4 Å². The molecular formula is C20H25N3O6. The highest BCUT2D eigenvalue weighted by atomic mass is 16.6. The Morgan fingerprint density at radius 1 is 1.28 bits per heavy atom. The molecule has 2 saturated heterocycles. The van der Waals surface area contributed by atoms with Crippen molar-refractivity contribution < 1.29 is 24.0 Å². The fourth-order valence-electron chi connectivity index (χ4n) is 3.85. The summed E-state index contributed by atoms with van der Waals surface area (Å²) in [6, 6.07) is 9.68. The van der Waals surface area contributed by atoms with E-state index in [1.54, 1.807) is 0 Å². The zero-order chi connectivity index (χ0) is 20.7. The number of nitrogens with one attached hydrogen (secondary N) is 2. The fourth-order valence-corrected chi connectivity index (χ4v) is 3.85. The van der Waals surface area contributed by atoms with Crippen LogP contribution in [-0.4, -0.2) is 61.2 Å². The second-order valence-electron chi connectivity index (χ2n) is 7.27. The molecule has 0 aromatic heterocycles. The molecule has 0 saturated carbocycles. The quantitative estimate of drug-likeness (QED) is 0.282. The van der Waals surface area contributed by atoms with E-state index in [-0.39, 0.29) is 18.3 Å². The van der Waals surface area contributed by atoms with Crippen LogP contribution in [0.15, 0.2) is 42.1 Å². The summed E-state index contributed by atoms with van der Waals surface area (Å²) >= 11 is 0. The highest BCUT2D eigenvalue weighted by molar-refractivity contribution is 6.04. The lowest BCUT2D eigenvalue weighted by Crippen LogP contribution is -2.59. The monoisotopic (exact) mass is 403 g/mol. The molecule has 2 N–H and O–H groups in total. The van der Waals surface area contributed by atoms with Gasteiger partial charge in [0.05, 0.1) is 29.8 Å². The van der Waals surface area contributed by atoms with Crippen LogP contribution in [0.5, 0.6) is 0 Å². The highest BCUT2D eigenvalue weighted by Crippen LogP contribution is 2.27. The van der Waals surface area contributed by atoms with Crippen molar-refractivity contribution >= 4 is 12.2 Å². The summed E-state index contributed by atoms with van der Waals surface area (Å²) in [5.74, 6) is -0.489. The summed E-state index contributed by atoms with van der Waals surface area (Å²) < 4.78 is 11.7. The number of ether oxygens (including phenoxy) is 2. The van der Waals surface area contributed by atoms with Crippen LogP contribution in [-0.2, 0) is 25.5 Å². The Bertz CT molecular complexity index is 761. The molecule has 1 amide bonds. The van der Waals surface area contributed by atoms with Crippen LogP contribution in [0.25, 0.3) is 0 Å². The van der Waals surface area contributed by atoms with Crippen LogP contribution < -0.4 is 10.6 Å². The van der Waals surface area contributed by atoms with Gasteiger partial charge in [0.2, 0.25) is 12.6 Å². The third-order valence-electron chi connectivity index (χ3n) is 5.32. The summed E-state index contributed by atoms with van der Waals surface area (Å²) in [5.41, 5.74) is -0.209. The molecule has 29 heavy (non-hydrogen) atoms. The molecule has 1 aromatic rings. The lowest BCUT2D eigenvalue weighted by Gasteiger charge is -2.38. The summed E-state index contributed by atoms with van der Waals surface area (Å²) in [6.07, 6.45) is 1.24. The second-order valence-corrected chi connectivity index (χ2v) is 7.27. The van der Waals surface area contributed by atoms with E-state index in [4.69, 9.17) is 9.47 Å². The van der Waals surface area contributed by atoms with Gasteiger partial charge in [-0.3, -0.25) is 19.7 Å². The van der Waals surface area contributed by atoms with E-state index in [0.29, 0.717) is 51.6 Å². The number of amides is 1. The molecule has 0 spiro atoms. The lowest BCUT2D eigenvalue weighted by atomic mass is 9.80. The van der Waals surface area contributed by atoms with E-state index in [9.17, 15) is 19.7 Å². The van der Waals surface area contributed by atoms with E-state index in [1.165, 1.54) is 0 Å². The van der Waals surface area contributed by atoms with E-state index >= 15 is 0 Å². The van der Waals surface area contributed by atoms with Gasteiger partial charge in [-0.25, -0.2) is 0 Å². The number of nitro groups is 1. The first-order valence-electron chi connectivity index (χ1n) is 9.63. The number of hydrogen-bond acceptors (Lipinski definition) is 7. The summed E-state index contributed by atoms with van der Waals surface area (Å²) in [7, 11) is 0. The maximum absolute atomic E-state index is 13.4. The number of hydrogen-bond donors (Lipinski definition) is 2. The summed E-state index contributed by atoms with van der Waals surface area (Å²) in [6.45, 7) is 1.44. The molecular weight excluding hydrogens is 378 g/mol. The van der Waals surface area contributed by atoms with Gasteiger partial charge in [0.25, 0.3) is 0 Å². The normalized spacial score (nSPS) is 24.5. The number of carbonyl (C=O) groups excluding carboxylic acids is 2. The Hall–Kier alpha value is -2.62. The van der Waals surface area contributed by atoms with Gasteiger partial charge in [-0.05, 0) is 31.5 Å². The molecule has 2 aliphatic heterocycles. The molecule has 2 fully saturated rings. The van der Waals surface area contributed by atoms with Gasteiger partial charge in [-0.2, -0.15) is 0 Å². The van der Waals surface area contributed by atoms with Gasteiger partial charge in [-0.1, -0.05) is 30.3 Å². The number of Topliss-reactive ketones (excluding diaryl/α,β-unsaturated/α-hetero) is 1. The first-order chi connectivity index (χ1) is 14.0. The minimum Gasteiger partial charge on any atom is -0.376 e. The van der Waals surface area contributed by atoms with Crippen molar-refractivity contribution in [3.05, 3.63) is 57.8 Å². The molecule has 9 heteroatoms. The predicted molar refractivity (Wildman–Crippen MR) is 104 cm³/mol. The molecule has 0 bridgehead atoms. The van der Waals surface area contributed by atoms with Crippen molar-refractivity contribution in [1.82, 2.24) is 10.6 Å². The third-order valence-corrected chi connectivity index (χ3v) is 5.32. The molecule has 0 radical (unpaired) electrons. The van der Waals surface area contributed by atoms with Crippen LogP contribution in [0.3, 0.4) is 0 Å². The highest BCUT2D eigenvalue weighted by Gasteiger charge is 2.44. The SMILES string of the molecule is O=CNC1(C(=O)/C(=C/[N+](=O)[O-])C2COCC(Cc3ccccc3)O2)CCNCC1. The van der Waals surface area contributed by atoms with Gasteiger partial charge in [0, 0.05) is 6.42 Å². The number of ketones is 1. The predicted octanol–water partition coefficient (Wildman–Crippen LogP) is 0.611.